The fourth-order valence-electron chi connectivity index (χ4n) is 1.84. The first-order chi connectivity index (χ1) is 8.13. The Morgan fingerprint density at radius 3 is 2.88 bits per heavy atom. The first-order valence-electron chi connectivity index (χ1n) is 5.88. The van der Waals surface area contributed by atoms with Gasteiger partial charge in [0.1, 0.15) is 5.01 Å². The van der Waals surface area contributed by atoms with Crippen molar-refractivity contribution < 1.29 is 0 Å². The van der Waals surface area contributed by atoms with Crippen LogP contribution in [0.15, 0.2) is 12.3 Å². The molecule has 0 aliphatic carbocycles. The zero-order chi connectivity index (χ0) is 12.4. The summed E-state index contributed by atoms with van der Waals surface area (Å²) >= 11 is 1.67. The summed E-state index contributed by atoms with van der Waals surface area (Å²) in [4.78, 5) is 5.75. The van der Waals surface area contributed by atoms with Gasteiger partial charge in [0.25, 0.3) is 0 Å². The number of thiazole rings is 1. The Balaban J connectivity index is 2.39. The maximum atomic E-state index is 5.93. The van der Waals surface area contributed by atoms with Crippen LogP contribution in [0.25, 0.3) is 10.7 Å². The molecular formula is C12H18N4S. The molecule has 0 fully saturated rings. The molecule has 2 heterocycles. The highest BCUT2D eigenvalue weighted by Gasteiger charge is 2.14. The first kappa shape index (κ1) is 12.3. The third-order valence-electron chi connectivity index (χ3n) is 2.62. The quantitative estimate of drug-likeness (QED) is 0.907. The highest BCUT2D eigenvalue weighted by Crippen LogP contribution is 2.30. The lowest BCUT2D eigenvalue weighted by Crippen LogP contribution is -2.03. The lowest BCUT2D eigenvalue weighted by atomic mass is 10.2. The molecular weight excluding hydrogens is 232 g/mol. The molecule has 2 aromatic rings. The second-order valence-electron chi connectivity index (χ2n) is 4.20. The van der Waals surface area contributed by atoms with Crippen molar-refractivity contribution in [2.45, 2.75) is 39.8 Å². The largest absolute Gasteiger partial charge is 0.323 e. The fraction of sp³-hybridized carbons (Fsp3) is 0.500. The molecule has 0 aliphatic rings. The molecule has 1 unspecified atom stereocenters. The van der Waals surface area contributed by atoms with Crippen LogP contribution in [0.3, 0.4) is 0 Å². The number of nitrogens with zero attached hydrogens (tertiary/aromatic N) is 3. The molecule has 2 rings (SSSR count). The minimum atomic E-state index is 0.0452. The van der Waals surface area contributed by atoms with Crippen molar-refractivity contribution in [1.82, 2.24) is 14.8 Å². The third-order valence-corrected chi connectivity index (χ3v) is 4.00. The molecule has 4 nitrogen and oxygen atoms in total. The Morgan fingerprint density at radius 1 is 1.53 bits per heavy atom. The number of hydrogen-bond donors (Lipinski definition) is 1. The predicted octanol–water partition coefficient (Wildman–Crippen LogP) is 2.74. The molecule has 1 atom stereocenters. The van der Waals surface area contributed by atoms with Crippen LogP contribution in [0.4, 0.5) is 0 Å². The smallest absolute Gasteiger partial charge is 0.142 e. The van der Waals surface area contributed by atoms with Crippen LogP contribution in [0.1, 0.15) is 36.9 Å². The summed E-state index contributed by atoms with van der Waals surface area (Å²) in [7, 11) is 0. The molecule has 0 saturated heterocycles. The van der Waals surface area contributed by atoms with Crippen molar-refractivity contribution in [3.63, 3.8) is 0 Å². The van der Waals surface area contributed by atoms with Gasteiger partial charge in [-0.1, -0.05) is 6.92 Å². The van der Waals surface area contributed by atoms with Crippen molar-refractivity contribution in [3.05, 3.63) is 22.8 Å². The predicted molar refractivity (Wildman–Crippen MR) is 71.0 cm³/mol. The molecule has 0 radical (unpaired) electrons. The van der Waals surface area contributed by atoms with E-state index in [0.717, 1.165) is 34.2 Å². The first-order valence-corrected chi connectivity index (χ1v) is 6.70. The molecule has 0 aromatic carbocycles. The van der Waals surface area contributed by atoms with Crippen LogP contribution in [0.5, 0.6) is 0 Å². The van der Waals surface area contributed by atoms with Gasteiger partial charge in [-0.15, -0.1) is 11.3 Å². The number of aromatic nitrogens is 3. The van der Waals surface area contributed by atoms with E-state index in [0.29, 0.717) is 0 Å². The average Bonchev–Trinajstić information content (AvgIpc) is 2.84. The second-order valence-corrected chi connectivity index (χ2v) is 5.23. The van der Waals surface area contributed by atoms with E-state index in [2.05, 4.69) is 17.0 Å². The van der Waals surface area contributed by atoms with Crippen molar-refractivity contribution in [1.29, 1.82) is 0 Å². The highest BCUT2D eigenvalue weighted by molar-refractivity contribution is 7.15. The Morgan fingerprint density at radius 2 is 2.29 bits per heavy atom. The molecule has 0 spiro atoms. The van der Waals surface area contributed by atoms with Gasteiger partial charge in [0, 0.05) is 23.7 Å². The molecule has 2 N–H and O–H groups in total. The highest BCUT2D eigenvalue weighted by atomic mass is 32.1. The Bertz CT molecular complexity index is 498. The number of rotatable bonds is 4. The zero-order valence-electron chi connectivity index (χ0n) is 10.5. The topological polar surface area (TPSA) is 56.7 Å². The molecule has 0 bridgehead atoms. The fourth-order valence-corrected chi connectivity index (χ4v) is 2.89. The maximum absolute atomic E-state index is 5.93. The summed E-state index contributed by atoms with van der Waals surface area (Å²) in [6.07, 6.45) is 2.90. The van der Waals surface area contributed by atoms with E-state index in [1.807, 2.05) is 30.8 Å². The van der Waals surface area contributed by atoms with E-state index in [1.54, 1.807) is 11.3 Å². The summed E-state index contributed by atoms with van der Waals surface area (Å²) < 4.78 is 2.00. The summed E-state index contributed by atoms with van der Waals surface area (Å²) in [6.45, 7) is 7.08. The van der Waals surface area contributed by atoms with Gasteiger partial charge < -0.3 is 5.73 Å². The van der Waals surface area contributed by atoms with E-state index >= 15 is 0 Å². The van der Waals surface area contributed by atoms with E-state index in [4.69, 9.17) is 5.73 Å². The lowest BCUT2D eigenvalue weighted by molar-refractivity contribution is 0.609. The van der Waals surface area contributed by atoms with Gasteiger partial charge in [-0.2, -0.15) is 5.10 Å². The van der Waals surface area contributed by atoms with Gasteiger partial charge in [0.05, 0.1) is 11.4 Å². The van der Waals surface area contributed by atoms with Crippen molar-refractivity contribution in [3.8, 4) is 10.7 Å². The second kappa shape index (κ2) is 4.98. The summed E-state index contributed by atoms with van der Waals surface area (Å²) in [5, 5.41) is 5.33. The van der Waals surface area contributed by atoms with Crippen molar-refractivity contribution >= 4 is 11.3 Å². The molecule has 0 aliphatic heterocycles. The Kier molecular flexibility index (Phi) is 3.59. The lowest BCUT2D eigenvalue weighted by Gasteiger charge is -2.02. The minimum Gasteiger partial charge on any atom is -0.323 e. The normalized spacial score (nSPS) is 12.9. The monoisotopic (exact) mass is 250 g/mol. The van der Waals surface area contributed by atoms with E-state index in [9.17, 15) is 0 Å². The van der Waals surface area contributed by atoms with Crippen LogP contribution in [-0.2, 0) is 6.54 Å². The van der Waals surface area contributed by atoms with Crippen molar-refractivity contribution in [2.24, 2.45) is 5.73 Å². The summed E-state index contributed by atoms with van der Waals surface area (Å²) in [6, 6.07) is 2.06. The van der Waals surface area contributed by atoms with Gasteiger partial charge >= 0.3 is 0 Å². The third kappa shape index (κ3) is 2.40. The molecule has 17 heavy (non-hydrogen) atoms. The van der Waals surface area contributed by atoms with E-state index in [1.165, 1.54) is 0 Å². The molecule has 92 valence electrons. The van der Waals surface area contributed by atoms with Gasteiger partial charge in [-0.25, -0.2) is 4.98 Å². The molecule has 0 amide bonds. The number of aryl methyl sites for hydroxylation is 2. The zero-order valence-corrected chi connectivity index (χ0v) is 11.3. The molecule has 5 heteroatoms. The minimum absolute atomic E-state index is 0.0452. The SMILES string of the molecule is CCCn1nccc1-c1nc(C)c(C(C)N)s1. The molecule has 2 aromatic heterocycles. The summed E-state index contributed by atoms with van der Waals surface area (Å²) in [5.74, 6) is 0. The van der Waals surface area contributed by atoms with Crippen LogP contribution in [0.2, 0.25) is 0 Å². The van der Waals surface area contributed by atoms with Crippen LogP contribution >= 0.6 is 11.3 Å². The van der Waals surface area contributed by atoms with Gasteiger partial charge in [-0.05, 0) is 26.3 Å². The number of hydrogen-bond acceptors (Lipinski definition) is 4. The van der Waals surface area contributed by atoms with Crippen molar-refractivity contribution in [2.75, 3.05) is 0 Å². The standard InChI is InChI=1S/C12H18N4S/c1-4-7-16-10(5-6-14-16)12-15-9(3)11(17-12)8(2)13/h5-6,8H,4,7,13H2,1-3H3. The maximum Gasteiger partial charge on any atom is 0.142 e. The Labute approximate surface area is 105 Å². The Hall–Kier alpha value is -1.20. The van der Waals surface area contributed by atoms with E-state index < -0.39 is 0 Å². The van der Waals surface area contributed by atoms with Crippen LogP contribution in [0, 0.1) is 6.92 Å². The average molecular weight is 250 g/mol. The molecule has 0 saturated carbocycles. The van der Waals surface area contributed by atoms with Gasteiger partial charge in [0.15, 0.2) is 0 Å². The number of nitrogens with two attached hydrogens (primary N) is 1. The summed E-state index contributed by atoms with van der Waals surface area (Å²) in [5.41, 5.74) is 8.05. The van der Waals surface area contributed by atoms with Gasteiger partial charge in [-0.3, -0.25) is 4.68 Å². The van der Waals surface area contributed by atoms with Crippen LogP contribution in [-0.4, -0.2) is 14.8 Å². The van der Waals surface area contributed by atoms with E-state index in [-0.39, 0.29) is 6.04 Å². The van der Waals surface area contributed by atoms with Gasteiger partial charge in [0.2, 0.25) is 0 Å². The van der Waals surface area contributed by atoms with Crippen LogP contribution < -0.4 is 5.73 Å².